The molecule has 1 aliphatic heterocycles. The zero-order valence-electron chi connectivity index (χ0n) is 11.8. The van der Waals surface area contributed by atoms with Crippen LogP contribution in [-0.2, 0) is 21.9 Å². The van der Waals surface area contributed by atoms with Crippen molar-refractivity contribution >= 4 is 16.0 Å². The average Bonchev–Trinajstić information content (AvgIpc) is 2.95. The van der Waals surface area contributed by atoms with Crippen molar-refractivity contribution in [3.05, 3.63) is 12.0 Å². The van der Waals surface area contributed by atoms with Gasteiger partial charge in [0.05, 0.1) is 0 Å². The fourth-order valence-electron chi connectivity index (χ4n) is 2.69. The maximum Gasteiger partial charge on any atom is 0.325 e. The van der Waals surface area contributed by atoms with Crippen LogP contribution in [0.1, 0.15) is 32.0 Å². The van der Waals surface area contributed by atoms with E-state index in [0.717, 1.165) is 4.31 Å². The Morgan fingerprint density at radius 3 is 2.65 bits per heavy atom. The Kier molecular flexibility index (Phi) is 3.64. The molecule has 0 radical (unpaired) electrons. The largest absolute Gasteiger partial charge is 0.480 e. The molecule has 1 aromatic rings. The Morgan fingerprint density at radius 1 is 1.55 bits per heavy atom. The number of nitrogens with zero attached hydrogens (tertiary/aromatic N) is 3. The SMILES string of the molecule is CCC1(C(=O)O)CCCN1S(=O)(=O)c1cn(C)c(C)n1. The molecular formula is C12H19N3O4S. The minimum atomic E-state index is -3.88. The molecule has 1 aromatic heterocycles. The molecule has 0 bridgehead atoms. The molecule has 1 atom stereocenters. The van der Waals surface area contributed by atoms with E-state index in [9.17, 15) is 18.3 Å². The summed E-state index contributed by atoms with van der Waals surface area (Å²) in [6.07, 6.45) is 2.55. The molecule has 1 fully saturated rings. The summed E-state index contributed by atoms with van der Waals surface area (Å²) >= 11 is 0. The van der Waals surface area contributed by atoms with E-state index in [4.69, 9.17) is 0 Å². The molecule has 112 valence electrons. The second-order valence-corrected chi connectivity index (χ2v) is 6.92. The minimum absolute atomic E-state index is 0.0847. The van der Waals surface area contributed by atoms with E-state index in [-0.39, 0.29) is 18.0 Å². The third kappa shape index (κ3) is 2.03. The lowest BCUT2D eigenvalue weighted by Crippen LogP contribution is -2.52. The van der Waals surface area contributed by atoms with Crippen molar-refractivity contribution in [2.24, 2.45) is 7.05 Å². The minimum Gasteiger partial charge on any atom is -0.480 e. The van der Waals surface area contributed by atoms with E-state index in [1.807, 2.05) is 0 Å². The molecule has 0 aliphatic carbocycles. The molecule has 0 aromatic carbocycles. The van der Waals surface area contributed by atoms with Crippen LogP contribution in [0.3, 0.4) is 0 Å². The number of aryl methyl sites for hydroxylation is 2. The number of hydrogen-bond donors (Lipinski definition) is 1. The van der Waals surface area contributed by atoms with Crippen LogP contribution in [0.25, 0.3) is 0 Å². The number of carboxylic acids is 1. The summed E-state index contributed by atoms with van der Waals surface area (Å²) in [7, 11) is -2.18. The van der Waals surface area contributed by atoms with Gasteiger partial charge in [-0.3, -0.25) is 4.79 Å². The van der Waals surface area contributed by atoms with Crippen LogP contribution < -0.4 is 0 Å². The van der Waals surface area contributed by atoms with E-state index < -0.39 is 21.5 Å². The van der Waals surface area contributed by atoms with Gasteiger partial charge in [0.2, 0.25) is 0 Å². The molecule has 1 unspecified atom stereocenters. The number of imidazole rings is 1. The van der Waals surface area contributed by atoms with E-state index in [1.165, 1.54) is 6.20 Å². The molecule has 2 rings (SSSR count). The summed E-state index contributed by atoms with van der Waals surface area (Å²) in [4.78, 5) is 15.6. The molecule has 8 heteroatoms. The molecule has 7 nitrogen and oxygen atoms in total. The molecule has 0 amide bonds. The van der Waals surface area contributed by atoms with Crippen molar-refractivity contribution in [3.8, 4) is 0 Å². The summed E-state index contributed by atoms with van der Waals surface area (Å²) in [6, 6.07) is 0. The summed E-state index contributed by atoms with van der Waals surface area (Å²) in [5.41, 5.74) is -1.34. The molecule has 0 spiro atoms. The van der Waals surface area contributed by atoms with Crippen molar-refractivity contribution in [3.63, 3.8) is 0 Å². The maximum absolute atomic E-state index is 12.7. The highest BCUT2D eigenvalue weighted by atomic mass is 32.2. The third-order valence-electron chi connectivity index (χ3n) is 4.05. The van der Waals surface area contributed by atoms with Crippen molar-refractivity contribution in [2.75, 3.05) is 6.54 Å². The van der Waals surface area contributed by atoms with Crippen LogP contribution in [0, 0.1) is 6.92 Å². The first kappa shape index (κ1) is 15.0. The maximum atomic E-state index is 12.7. The molecule has 2 heterocycles. The monoisotopic (exact) mass is 301 g/mol. The first-order valence-corrected chi connectivity index (χ1v) is 7.96. The Morgan fingerprint density at radius 2 is 2.20 bits per heavy atom. The second-order valence-electron chi connectivity index (χ2n) is 5.11. The zero-order valence-corrected chi connectivity index (χ0v) is 12.6. The average molecular weight is 301 g/mol. The normalized spacial score (nSPS) is 24.1. The van der Waals surface area contributed by atoms with E-state index >= 15 is 0 Å². The summed E-state index contributed by atoms with van der Waals surface area (Å²) in [5, 5.41) is 9.39. The topological polar surface area (TPSA) is 92.5 Å². The first-order chi connectivity index (χ1) is 9.25. The van der Waals surface area contributed by atoms with Gasteiger partial charge in [-0.25, -0.2) is 13.4 Å². The molecule has 1 saturated heterocycles. The van der Waals surface area contributed by atoms with Gasteiger partial charge in [-0.1, -0.05) is 6.92 Å². The molecule has 0 saturated carbocycles. The smallest absolute Gasteiger partial charge is 0.325 e. The van der Waals surface area contributed by atoms with Crippen molar-refractivity contribution in [1.29, 1.82) is 0 Å². The zero-order chi connectivity index (χ0) is 15.1. The summed E-state index contributed by atoms with van der Waals surface area (Å²) < 4.78 is 28.0. The summed E-state index contributed by atoms with van der Waals surface area (Å²) in [6.45, 7) is 3.62. The van der Waals surface area contributed by atoms with Gasteiger partial charge >= 0.3 is 5.97 Å². The first-order valence-electron chi connectivity index (χ1n) is 6.52. The number of sulfonamides is 1. The van der Waals surface area contributed by atoms with Gasteiger partial charge in [0.15, 0.2) is 5.03 Å². The van der Waals surface area contributed by atoms with Gasteiger partial charge in [0.1, 0.15) is 11.4 Å². The predicted molar refractivity (Wildman–Crippen MR) is 71.7 cm³/mol. The van der Waals surface area contributed by atoms with Crippen LogP contribution in [0.2, 0.25) is 0 Å². The lowest BCUT2D eigenvalue weighted by atomic mass is 9.95. The Balaban J connectivity index is 2.51. The van der Waals surface area contributed by atoms with Crippen LogP contribution in [0.4, 0.5) is 0 Å². The lowest BCUT2D eigenvalue weighted by molar-refractivity contribution is -0.147. The lowest BCUT2D eigenvalue weighted by Gasteiger charge is -2.32. The number of rotatable bonds is 4. The Hall–Kier alpha value is -1.41. The van der Waals surface area contributed by atoms with Crippen LogP contribution in [-0.4, -0.2) is 45.4 Å². The van der Waals surface area contributed by atoms with Crippen LogP contribution in [0.15, 0.2) is 11.2 Å². The Labute approximate surface area is 118 Å². The number of aliphatic carboxylic acids is 1. The van der Waals surface area contributed by atoms with Crippen LogP contribution >= 0.6 is 0 Å². The highest BCUT2D eigenvalue weighted by Gasteiger charge is 2.52. The Bertz CT molecular complexity index is 618. The van der Waals surface area contributed by atoms with Gasteiger partial charge < -0.3 is 9.67 Å². The van der Waals surface area contributed by atoms with Crippen molar-refractivity contribution in [1.82, 2.24) is 13.9 Å². The summed E-state index contributed by atoms with van der Waals surface area (Å²) in [5.74, 6) is -0.520. The van der Waals surface area contributed by atoms with Gasteiger partial charge in [0.25, 0.3) is 10.0 Å². The number of carboxylic acid groups (broad SMARTS) is 1. The second kappa shape index (κ2) is 4.85. The molecule has 1 N–H and O–H groups in total. The molecule has 20 heavy (non-hydrogen) atoms. The number of hydrogen-bond acceptors (Lipinski definition) is 4. The van der Waals surface area contributed by atoms with Crippen molar-refractivity contribution in [2.45, 2.75) is 43.7 Å². The number of carbonyl (C=O) groups is 1. The van der Waals surface area contributed by atoms with Gasteiger partial charge in [-0.2, -0.15) is 4.31 Å². The highest BCUT2D eigenvalue weighted by Crippen LogP contribution is 2.37. The van der Waals surface area contributed by atoms with Crippen molar-refractivity contribution < 1.29 is 18.3 Å². The predicted octanol–water partition coefficient (Wildman–Crippen LogP) is 0.746. The van der Waals surface area contributed by atoms with E-state index in [0.29, 0.717) is 18.7 Å². The van der Waals surface area contributed by atoms with Gasteiger partial charge in [-0.15, -0.1) is 0 Å². The van der Waals surface area contributed by atoms with Gasteiger partial charge in [-0.05, 0) is 26.2 Å². The van der Waals surface area contributed by atoms with Gasteiger partial charge in [0, 0.05) is 19.8 Å². The fraction of sp³-hybridized carbons (Fsp3) is 0.667. The molecular weight excluding hydrogens is 282 g/mol. The fourth-order valence-corrected chi connectivity index (χ4v) is 4.58. The number of aromatic nitrogens is 2. The highest BCUT2D eigenvalue weighted by molar-refractivity contribution is 7.89. The quantitative estimate of drug-likeness (QED) is 0.885. The third-order valence-corrected chi connectivity index (χ3v) is 5.89. The van der Waals surface area contributed by atoms with E-state index in [1.54, 1.807) is 25.5 Å². The molecule has 1 aliphatic rings. The van der Waals surface area contributed by atoms with Crippen LogP contribution in [0.5, 0.6) is 0 Å². The van der Waals surface area contributed by atoms with E-state index in [2.05, 4.69) is 4.98 Å². The standard InChI is InChI=1S/C12H19N3O4S/c1-4-12(11(16)17)6-5-7-15(12)20(18,19)10-8-14(3)9(2)13-10/h8H,4-7H2,1-3H3,(H,16,17).